The maximum Gasteiger partial charge on any atom is 0.348 e. The standard InChI is InChI=1S/C20H23NO3S/c1-21-15-9-11-16(21)17(12-10-15)24-19(22)20(23,18-8-5-13-25-18)14-6-3-2-4-7-14/h2-8,13,15-17,23H,9-12H2,1H3/t15-,16-,17+,20?/m1/s1. The molecule has 2 aliphatic heterocycles. The molecule has 1 aromatic carbocycles. The number of rotatable bonds is 4. The molecule has 3 heterocycles. The number of esters is 1. The molecule has 0 spiro atoms. The fraction of sp³-hybridized carbons (Fsp3) is 0.450. The lowest BCUT2D eigenvalue weighted by Crippen LogP contribution is -2.49. The van der Waals surface area contributed by atoms with Crippen LogP contribution in [0.4, 0.5) is 0 Å². The molecule has 0 amide bonds. The quantitative estimate of drug-likeness (QED) is 0.854. The van der Waals surface area contributed by atoms with E-state index in [9.17, 15) is 9.90 Å². The summed E-state index contributed by atoms with van der Waals surface area (Å²) < 4.78 is 5.91. The second-order valence-electron chi connectivity index (χ2n) is 7.04. The van der Waals surface area contributed by atoms with Crippen LogP contribution in [-0.2, 0) is 15.1 Å². The fourth-order valence-electron chi connectivity index (χ4n) is 4.27. The van der Waals surface area contributed by atoms with E-state index in [1.54, 1.807) is 18.2 Å². The Morgan fingerprint density at radius 3 is 2.64 bits per heavy atom. The topological polar surface area (TPSA) is 49.8 Å². The number of ether oxygens (including phenoxy) is 1. The predicted molar refractivity (Wildman–Crippen MR) is 97.4 cm³/mol. The Morgan fingerprint density at radius 1 is 1.16 bits per heavy atom. The van der Waals surface area contributed by atoms with E-state index in [2.05, 4.69) is 11.9 Å². The van der Waals surface area contributed by atoms with Crippen LogP contribution in [0.5, 0.6) is 0 Å². The molecule has 1 N–H and O–H groups in total. The van der Waals surface area contributed by atoms with Gasteiger partial charge in [0.1, 0.15) is 6.10 Å². The van der Waals surface area contributed by atoms with Crippen LogP contribution in [0.1, 0.15) is 36.1 Å². The third-order valence-electron chi connectivity index (χ3n) is 5.73. The second-order valence-corrected chi connectivity index (χ2v) is 7.99. The van der Waals surface area contributed by atoms with Crippen molar-refractivity contribution >= 4 is 17.3 Å². The number of aliphatic hydroxyl groups is 1. The molecule has 25 heavy (non-hydrogen) atoms. The van der Waals surface area contributed by atoms with E-state index >= 15 is 0 Å². The molecule has 2 bridgehead atoms. The number of carbonyl (C=O) groups excluding carboxylic acids is 1. The molecule has 0 radical (unpaired) electrons. The normalized spacial score (nSPS) is 28.5. The van der Waals surface area contributed by atoms with Gasteiger partial charge in [0.05, 0.1) is 4.88 Å². The van der Waals surface area contributed by atoms with Crippen LogP contribution in [0.3, 0.4) is 0 Å². The van der Waals surface area contributed by atoms with Crippen molar-refractivity contribution in [1.29, 1.82) is 0 Å². The Balaban J connectivity index is 1.63. The highest BCUT2D eigenvalue weighted by Gasteiger charge is 2.47. The average molecular weight is 357 g/mol. The molecule has 1 aromatic heterocycles. The third kappa shape index (κ3) is 2.80. The Morgan fingerprint density at radius 2 is 1.92 bits per heavy atom. The van der Waals surface area contributed by atoms with Gasteiger partial charge in [-0.05, 0) is 44.2 Å². The summed E-state index contributed by atoms with van der Waals surface area (Å²) in [4.78, 5) is 16.1. The van der Waals surface area contributed by atoms with E-state index in [4.69, 9.17) is 4.74 Å². The SMILES string of the molecule is CN1[C@H]2CC[C@H](OC(=O)C(O)(c3ccccc3)c3cccs3)[C@H]1CC2. The largest absolute Gasteiger partial charge is 0.458 e. The minimum Gasteiger partial charge on any atom is -0.458 e. The minimum absolute atomic E-state index is 0.147. The van der Waals surface area contributed by atoms with Crippen LogP contribution in [0.2, 0.25) is 0 Å². The third-order valence-corrected chi connectivity index (χ3v) is 6.71. The number of benzene rings is 1. The average Bonchev–Trinajstić information content (AvgIpc) is 3.24. The molecular formula is C20H23NO3S. The van der Waals surface area contributed by atoms with Crippen molar-refractivity contribution in [2.24, 2.45) is 0 Å². The smallest absolute Gasteiger partial charge is 0.348 e. The number of nitrogens with zero attached hydrogens (tertiary/aromatic N) is 1. The predicted octanol–water partition coefficient (Wildman–Crippen LogP) is 3.15. The summed E-state index contributed by atoms with van der Waals surface area (Å²) >= 11 is 1.37. The van der Waals surface area contributed by atoms with Gasteiger partial charge in [-0.25, -0.2) is 4.79 Å². The molecule has 4 atom stereocenters. The van der Waals surface area contributed by atoms with Crippen LogP contribution in [0.25, 0.3) is 0 Å². The summed E-state index contributed by atoms with van der Waals surface area (Å²) in [5, 5.41) is 13.3. The van der Waals surface area contributed by atoms with Crippen molar-refractivity contribution in [3.63, 3.8) is 0 Å². The lowest BCUT2D eigenvalue weighted by molar-refractivity contribution is -0.172. The number of fused-ring (bicyclic) bond motifs is 2. The zero-order valence-electron chi connectivity index (χ0n) is 14.3. The van der Waals surface area contributed by atoms with Crippen molar-refractivity contribution in [2.75, 3.05) is 7.05 Å². The maximum atomic E-state index is 13.1. The molecule has 2 fully saturated rings. The monoisotopic (exact) mass is 357 g/mol. The molecule has 132 valence electrons. The van der Waals surface area contributed by atoms with Gasteiger partial charge in [0.25, 0.3) is 0 Å². The van der Waals surface area contributed by atoms with Gasteiger partial charge in [0.15, 0.2) is 0 Å². The van der Waals surface area contributed by atoms with Gasteiger partial charge >= 0.3 is 5.97 Å². The zero-order chi connectivity index (χ0) is 17.4. The van der Waals surface area contributed by atoms with Gasteiger partial charge in [-0.15, -0.1) is 11.3 Å². The van der Waals surface area contributed by atoms with E-state index in [0.717, 1.165) is 19.3 Å². The van der Waals surface area contributed by atoms with E-state index in [1.165, 1.54) is 17.8 Å². The van der Waals surface area contributed by atoms with Crippen molar-refractivity contribution in [3.8, 4) is 0 Å². The summed E-state index contributed by atoms with van der Waals surface area (Å²) in [6.45, 7) is 0. The summed E-state index contributed by atoms with van der Waals surface area (Å²) in [5.41, 5.74) is -1.19. The molecule has 4 rings (SSSR count). The summed E-state index contributed by atoms with van der Waals surface area (Å²) in [7, 11) is 2.12. The van der Waals surface area contributed by atoms with Crippen LogP contribution in [-0.4, -0.2) is 41.2 Å². The van der Waals surface area contributed by atoms with Crippen molar-refractivity contribution in [3.05, 3.63) is 58.3 Å². The van der Waals surface area contributed by atoms with Crippen molar-refractivity contribution in [2.45, 2.75) is 49.5 Å². The van der Waals surface area contributed by atoms with Crippen LogP contribution in [0.15, 0.2) is 47.8 Å². The van der Waals surface area contributed by atoms with Gasteiger partial charge in [-0.3, -0.25) is 4.90 Å². The molecule has 2 aliphatic rings. The van der Waals surface area contributed by atoms with Crippen LogP contribution < -0.4 is 0 Å². The van der Waals surface area contributed by atoms with E-state index in [0.29, 0.717) is 16.5 Å². The van der Waals surface area contributed by atoms with E-state index < -0.39 is 11.6 Å². The Hall–Kier alpha value is -1.69. The molecule has 1 unspecified atom stereocenters. The summed E-state index contributed by atoms with van der Waals surface area (Å²) in [5.74, 6) is -0.565. The Labute approximate surface area is 152 Å². The highest BCUT2D eigenvalue weighted by Crippen LogP contribution is 2.39. The van der Waals surface area contributed by atoms with Gasteiger partial charge in [0, 0.05) is 17.6 Å². The number of hydrogen-bond donors (Lipinski definition) is 1. The van der Waals surface area contributed by atoms with Crippen molar-refractivity contribution < 1.29 is 14.6 Å². The molecule has 5 heteroatoms. The first-order valence-electron chi connectivity index (χ1n) is 8.85. The highest BCUT2D eigenvalue weighted by atomic mass is 32.1. The number of thiophene rings is 1. The number of carbonyl (C=O) groups is 1. The molecule has 0 saturated carbocycles. The highest BCUT2D eigenvalue weighted by molar-refractivity contribution is 7.10. The minimum atomic E-state index is -1.75. The number of piperidine rings is 1. The first kappa shape index (κ1) is 16.8. The number of likely N-dealkylation sites (N-methyl/N-ethyl adjacent to an activating group) is 1. The van der Waals surface area contributed by atoms with E-state index in [1.807, 2.05) is 29.6 Å². The summed E-state index contributed by atoms with van der Waals surface area (Å²) in [6.07, 6.45) is 4.01. The Kier molecular flexibility index (Phi) is 4.40. The lowest BCUT2D eigenvalue weighted by atomic mass is 9.91. The molecule has 2 saturated heterocycles. The lowest BCUT2D eigenvalue weighted by Gasteiger charge is -2.38. The van der Waals surface area contributed by atoms with Gasteiger partial charge in [0.2, 0.25) is 5.60 Å². The first-order chi connectivity index (χ1) is 12.1. The first-order valence-corrected chi connectivity index (χ1v) is 9.73. The Bertz CT molecular complexity index is 733. The fourth-order valence-corrected chi connectivity index (χ4v) is 5.10. The van der Waals surface area contributed by atoms with Gasteiger partial charge < -0.3 is 9.84 Å². The molecular weight excluding hydrogens is 334 g/mol. The molecule has 0 aliphatic carbocycles. The number of hydrogen-bond acceptors (Lipinski definition) is 5. The van der Waals surface area contributed by atoms with Gasteiger partial charge in [-0.1, -0.05) is 36.4 Å². The summed E-state index contributed by atoms with van der Waals surface area (Å²) in [6, 6.07) is 13.6. The van der Waals surface area contributed by atoms with Crippen LogP contribution >= 0.6 is 11.3 Å². The van der Waals surface area contributed by atoms with Crippen LogP contribution in [0, 0.1) is 0 Å². The maximum absolute atomic E-state index is 13.1. The van der Waals surface area contributed by atoms with Crippen molar-refractivity contribution in [1.82, 2.24) is 4.90 Å². The van der Waals surface area contributed by atoms with E-state index in [-0.39, 0.29) is 12.1 Å². The van der Waals surface area contributed by atoms with Gasteiger partial charge in [-0.2, -0.15) is 0 Å². The molecule has 4 nitrogen and oxygen atoms in total. The zero-order valence-corrected chi connectivity index (χ0v) is 15.1. The second kappa shape index (κ2) is 6.56. The molecule has 2 aromatic rings.